The number of benzene rings is 1. The average molecular weight is 287 g/mol. The van der Waals surface area contributed by atoms with E-state index in [0.717, 1.165) is 36.8 Å². The van der Waals surface area contributed by atoms with E-state index < -0.39 is 0 Å². The summed E-state index contributed by atoms with van der Waals surface area (Å²) >= 11 is 1.78. The Balaban J connectivity index is 1.91. The Morgan fingerprint density at radius 1 is 1.25 bits per heavy atom. The lowest BCUT2D eigenvalue weighted by atomic mass is 10.2. The van der Waals surface area contributed by atoms with Crippen molar-refractivity contribution in [2.75, 3.05) is 6.54 Å². The molecule has 20 heavy (non-hydrogen) atoms. The van der Waals surface area contributed by atoms with Gasteiger partial charge in [-0.2, -0.15) is 0 Å². The van der Waals surface area contributed by atoms with Crippen LogP contribution in [-0.2, 0) is 12.3 Å². The van der Waals surface area contributed by atoms with E-state index in [1.54, 1.807) is 11.8 Å². The highest BCUT2D eigenvalue weighted by Gasteiger charge is 2.01. The third-order valence-electron chi connectivity index (χ3n) is 2.85. The van der Waals surface area contributed by atoms with Gasteiger partial charge in [0.05, 0.1) is 11.4 Å². The van der Waals surface area contributed by atoms with Gasteiger partial charge in [-0.15, -0.1) is 11.8 Å². The number of hydrogen-bond acceptors (Lipinski definition) is 4. The van der Waals surface area contributed by atoms with Crippen molar-refractivity contribution in [3.05, 3.63) is 53.6 Å². The SMILES string of the molecule is CCCNCc1ccnc(CSc2cccc(C)c2)n1. The number of hydrogen-bond donors (Lipinski definition) is 1. The van der Waals surface area contributed by atoms with Crippen molar-refractivity contribution in [2.24, 2.45) is 0 Å². The highest BCUT2D eigenvalue weighted by atomic mass is 32.2. The lowest BCUT2D eigenvalue weighted by molar-refractivity contribution is 0.660. The Labute approximate surface area is 125 Å². The zero-order chi connectivity index (χ0) is 14.2. The summed E-state index contributed by atoms with van der Waals surface area (Å²) in [6.45, 7) is 6.12. The molecule has 0 unspecified atom stereocenters. The zero-order valence-electron chi connectivity index (χ0n) is 12.1. The van der Waals surface area contributed by atoms with E-state index >= 15 is 0 Å². The van der Waals surface area contributed by atoms with E-state index in [0.29, 0.717) is 0 Å². The summed E-state index contributed by atoms with van der Waals surface area (Å²) in [5, 5.41) is 3.36. The topological polar surface area (TPSA) is 37.8 Å². The summed E-state index contributed by atoms with van der Waals surface area (Å²) in [5.74, 6) is 1.71. The van der Waals surface area contributed by atoms with Gasteiger partial charge in [-0.05, 0) is 38.1 Å². The van der Waals surface area contributed by atoms with Crippen LogP contribution in [0.25, 0.3) is 0 Å². The molecule has 2 aromatic rings. The maximum absolute atomic E-state index is 4.59. The van der Waals surface area contributed by atoms with E-state index in [2.05, 4.69) is 53.4 Å². The summed E-state index contributed by atoms with van der Waals surface area (Å²) < 4.78 is 0. The van der Waals surface area contributed by atoms with E-state index in [4.69, 9.17) is 0 Å². The van der Waals surface area contributed by atoms with Gasteiger partial charge in [0.1, 0.15) is 5.82 Å². The second-order valence-electron chi connectivity index (χ2n) is 4.75. The van der Waals surface area contributed by atoms with Crippen LogP contribution in [0.3, 0.4) is 0 Å². The van der Waals surface area contributed by atoms with Gasteiger partial charge in [-0.1, -0.05) is 24.6 Å². The molecule has 0 spiro atoms. The van der Waals surface area contributed by atoms with Crippen LogP contribution in [0.4, 0.5) is 0 Å². The highest BCUT2D eigenvalue weighted by molar-refractivity contribution is 7.98. The molecule has 0 amide bonds. The number of nitrogens with zero attached hydrogens (tertiary/aromatic N) is 2. The molecule has 0 saturated carbocycles. The first-order chi connectivity index (χ1) is 9.78. The smallest absolute Gasteiger partial charge is 0.138 e. The number of aryl methyl sites for hydroxylation is 1. The molecule has 3 nitrogen and oxygen atoms in total. The predicted octanol–water partition coefficient (Wildman–Crippen LogP) is 3.58. The summed E-state index contributed by atoms with van der Waals surface area (Å²) in [6, 6.07) is 10.5. The minimum Gasteiger partial charge on any atom is -0.311 e. The fourth-order valence-corrected chi connectivity index (χ4v) is 2.73. The largest absolute Gasteiger partial charge is 0.311 e. The van der Waals surface area contributed by atoms with Crippen molar-refractivity contribution in [2.45, 2.75) is 37.5 Å². The van der Waals surface area contributed by atoms with Crippen LogP contribution in [0.2, 0.25) is 0 Å². The molecule has 1 heterocycles. The number of nitrogens with one attached hydrogen (secondary N) is 1. The van der Waals surface area contributed by atoms with Gasteiger partial charge >= 0.3 is 0 Å². The molecule has 0 aliphatic heterocycles. The molecular formula is C16H21N3S. The van der Waals surface area contributed by atoms with Gasteiger partial charge in [0, 0.05) is 17.6 Å². The van der Waals surface area contributed by atoms with Gasteiger partial charge < -0.3 is 5.32 Å². The summed E-state index contributed by atoms with van der Waals surface area (Å²) in [7, 11) is 0. The number of thioether (sulfide) groups is 1. The number of aromatic nitrogens is 2. The Kier molecular flexibility index (Phi) is 6.02. The minimum atomic E-state index is 0.811. The van der Waals surface area contributed by atoms with Crippen LogP contribution >= 0.6 is 11.8 Å². The van der Waals surface area contributed by atoms with Crippen LogP contribution in [0, 0.1) is 6.92 Å². The van der Waals surface area contributed by atoms with Crippen molar-refractivity contribution in [1.29, 1.82) is 0 Å². The first-order valence-electron chi connectivity index (χ1n) is 6.99. The average Bonchev–Trinajstić information content (AvgIpc) is 2.46. The Morgan fingerprint density at radius 2 is 2.15 bits per heavy atom. The molecule has 106 valence electrons. The third kappa shape index (κ3) is 4.94. The summed E-state index contributed by atoms with van der Waals surface area (Å²) in [5.41, 5.74) is 2.35. The summed E-state index contributed by atoms with van der Waals surface area (Å²) in [6.07, 6.45) is 2.99. The molecule has 1 aromatic carbocycles. The predicted molar refractivity (Wildman–Crippen MR) is 84.8 cm³/mol. The molecule has 0 bridgehead atoms. The molecule has 0 saturated heterocycles. The lowest BCUT2D eigenvalue weighted by Crippen LogP contribution is -2.15. The second-order valence-corrected chi connectivity index (χ2v) is 5.79. The van der Waals surface area contributed by atoms with Crippen molar-refractivity contribution in [3.63, 3.8) is 0 Å². The van der Waals surface area contributed by atoms with Gasteiger partial charge in [0.25, 0.3) is 0 Å². The third-order valence-corrected chi connectivity index (χ3v) is 3.84. The van der Waals surface area contributed by atoms with Crippen LogP contribution in [-0.4, -0.2) is 16.5 Å². The standard InChI is InChI=1S/C16H21N3S/c1-3-8-17-11-14-7-9-18-16(19-14)12-20-15-6-4-5-13(2)10-15/h4-7,9-10,17H,3,8,11-12H2,1-2H3. The van der Waals surface area contributed by atoms with Gasteiger partial charge in [-0.3, -0.25) is 0 Å². The Hall–Kier alpha value is -1.39. The lowest BCUT2D eigenvalue weighted by Gasteiger charge is -2.05. The highest BCUT2D eigenvalue weighted by Crippen LogP contribution is 2.21. The van der Waals surface area contributed by atoms with Gasteiger partial charge in [-0.25, -0.2) is 9.97 Å². The molecule has 0 fully saturated rings. The normalized spacial score (nSPS) is 10.7. The molecule has 0 radical (unpaired) electrons. The van der Waals surface area contributed by atoms with Crippen molar-refractivity contribution < 1.29 is 0 Å². The first-order valence-corrected chi connectivity index (χ1v) is 7.97. The van der Waals surface area contributed by atoms with Crippen molar-refractivity contribution >= 4 is 11.8 Å². The Bertz CT molecular complexity index is 543. The van der Waals surface area contributed by atoms with Crippen LogP contribution in [0.1, 0.15) is 30.4 Å². The van der Waals surface area contributed by atoms with Gasteiger partial charge in [0.15, 0.2) is 0 Å². The van der Waals surface area contributed by atoms with Crippen LogP contribution < -0.4 is 5.32 Å². The fraction of sp³-hybridized carbons (Fsp3) is 0.375. The van der Waals surface area contributed by atoms with E-state index in [9.17, 15) is 0 Å². The van der Waals surface area contributed by atoms with Crippen molar-refractivity contribution in [1.82, 2.24) is 15.3 Å². The van der Waals surface area contributed by atoms with E-state index in [-0.39, 0.29) is 0 Å². The maximum Gasteiger partial charge on any atom is 0.138 e. The minimum absolute atomic E-state index is 0.811. The molecule has 0 aliphatic carbocycles. The zero-order valence-corrected chi connectivity index (χ0v) is 12.9. The van der Waals surface area contributed by atoms with E-state index in [1.807, 2.05) is 12.3 Å². The molecule has 1 aromatic heterocycles. The Morgan fingerprint density at radius 3 is 2.95 bits per heavy atom. The van der Waals surface area contributed by atoms with E-state index in [1.165, 1.54) is 10.5 Å². The van der Waals surface area contributed by atoms with Crippen LogP contribution in [0.5, 0.6) is 0 Å². The molecule has 0 atom stereocenters. The second kappa shape index (κ2) is 8.02. The first kappa shape index (κ1) is 15.0. The molecule has 1 N–H and O–H groups in total. The van der Waals surface area contributed by atoms with Crippen molar-refractivity contribution in [3.8, 4) is 0 Å². The molecule has 2 rings (SSSR count). The monoisotopic (exact) mass is 287 g/mol. The maximum atomic E-state index is 4.59. The fourth-order valence-electron chi connectivity index (χ4n) is 1.86. The molecule has 0 aliphatic rings. The van der Waals surface area contributed by atoms with Crippen LogP contribution in [0.15, 0.2) is 41.4 Å². The number of rotatable bonds is 7. The summed E-state index contributed by atoms with van der Waals surface area (Å²) in [4.78, 5) is 10.2. The quantitative estimate of drug-likeness (QED) is 0.624. The molecule has 4 heteroatoms. The van der Waals surface area contributed by atoms with Gasteiger partial charge in [0.2, 0.25) is 0 Å². The molecular weight excluding hydrogens is 266 g/mol.